The molecule has 2 N–H and O–H groups in total. The van der Waals surface area contributed by atoms with Crippen LogP contribution in [-0.4, -0.2) is 23.6 Å². The minimum atomic E-state index is -0.177. The third-order valence-corrected chi connectivity index (χ3v) is 3.62. The first-order valence-electron chi connectivity index (χ1n) is 7.34. The number of ether oxygens (including phenoxy) is 1. The maximum atomic E-state index is 8.75. The van der Waals surface area contributed by atoms with Crippen LogP contribution in [0.5, 0.6) is 11.5 Å². The Morgan fingerprint density at radius 2 is 1.30 bits per heavy atom. The molecule has 0 radical (unpaired) electrons. The Balaban J connectivity index is 0.00000127. The van der Waals surface area contributed by atoms with E-state index in [1.165, 1.54) is 0 Å². The van der Waals surface area contributed by atoms with Crippen molar-refractivity contribution in [2.45, 2.75) is 19.3 Å². The van der Waals surface area contributed by atoms with Gasteiger partial charge in [-0.15, -0.1) is 13.2 Å². The summed E-state index contributed by atoms with van der Waals surface area (Å²) in [6.45, 7) is 10.6. The van der Waals surface area contributed by atoms with Crippen molar-refractivity contribution in [3.63, 3.8) is 0 Å². The Hall–Kier alpha value is -2.30. The van der Waals surface area contributed by atoms with E-state index in [0.717, 1.165) is 16.9 Å². The van der Waals surface area contributed by atoms with E-state index in [0.29, 0.717) is 12.4 Å². The van der Waals surface area contributed by atoms with Crippen molar-refractivity contribution in [3.05, 3.63) is 72.8 Å². The summed E-state index contributed by atoms with van der Waals surface area (Å²) in [6.07, 6.45) is 0. The van der Waals surface area contributed by atoms with E-state index in [4.69, 9.17) is 15.1 Å². The summed E-state index contributed by atoms with van der Waals surface area (Å²) in [4.78, 5) is 4.20. The molecule has 0 fully saturated rings. The minimum absolute atomic E-state index is 0.00647. The smallest absolute Gasteiger partial charge is 0.165 e. The van der Waals surface area contributed by atoms with E-state index in [9.17, 15) is 0 Å². The maximum absolute atomic E-state index is 8.75. The molecule has 0 unspecified atom stereocenters. The normalized spacial score (nSPS) is 10.4. The van der Waals surface area contributed by atoms with Gasteiger partial charge in [0, 0.05) is 5.41 Å². The van der Waals surface area contributed by atoms with Crippen molar-refractivity contribution in [2.24, 2.45) is 0 Å². The third-order valence-electron chi connectivity index (χ3n) is 3.62. The first kappa shape index (κ1) is 18.7. The molecule has 2 aromatic carbocycles. The molecule has 0 aliphatic rings. The van der Waals surface area contributed by atoms with Gasteiger partial charge in [-0.05, 0) is 35.4 Å². The van der Waals surface area contributed by atoms with E-state index >= 15 is 0 Å². The second-order valence-electron chi connectivity index (χ2n) is 5.34. The van der Waals surface area contributed by atoms with Crippen LogP contribution >= 0.6 is 0 Å². The lowest BCUT2D eigenvalue weighted by Crippen LogP contribution is -2.18. The molecule has 2 rings (SSSR count). The Bertz CT molecular complexity index is 573. The van der Waals surface area contributed by atoms with Crippen LogP contribution < -0.4 is 9.62 Å². The van der Waals surface area contributed by atoms with Crippen molar-refractivity contribution >= 4 is 0 Å². The highest BCUT2D eigenvalue weighted by atomic mass is 17.1. The quantitative estimate of drug-likeness (QED) is 0.480. The molecule has 0 saturated heterocycles. The molecule has 23 heavy (non-hydrogen) atoms. The predicted molar refractivity (Wildman–Crippen MR) is 92.1 cm³/mol. The lowest BCUT2D eigenvalue weighted by atomic mass is 9.78. The summed E-state index contributed by atoms with van der Waals surface area (Å²) >= 11 is 0. The van der Waals surface area contributed by atoms with Crippen LogP contribution in [0, 0.1) is 0 Å². The molecule has 0 aliphatic heterocycles. The topological polar surface area (TPSA) is 58.9 Å². The number of hydrogen-bond donors (Lipinski definition) is 2. The number of rotatable bonds is 6. The van der Waals surface area contributed by atoms with Gasteiger partial charge in [-0.2, -0.15) is 0 Å². The van der Waals surface area contributed by atoms with Crippen LogP contribution in [-0.2, 0) is 5.41 Å². The van der Waals surface area contributed by atoms with Crippen LogP contribution in [0.1, 0.15) is 25.0 Å². The summed E-state index contributed by atoms with van der Waals surface area (Å²) in [5.74, 6) is 1.16. The highest BCUT2D eigenvalue weighted by Gasteiger charge is 2.23. The molecule has 124 valence electrons. The second kappa shape index (κ2) is 8.98. The van der Waals surface area contributed by atoms with Crippen molar-refractivity contribution in [1.29, 1.82) is 0 Å². The molecular weight excluding hydrogens is 292 g/mol. The molecule has 0 bridgehead atoms. The maximum Gasteiger partial charge on any atom is 0.165 e. The number of hydrogen-bond acceptors (Lipinski definition) is 4. The van der Waals surface area contributed by atoms with Crippen LogP contribution in [0.4, 0.5) is 0 Å². The second-order valence-corrected chi connectivity index (χ2v) is 5.34. The fourth-order valence-electron chi connectivity index (χ4n) is 2.23. The largest absolute Gasteiger partial charge is 0.491 e. The Morgan fingerprint density at radius 1 is 0.870 bits per heavy atom. The lowest BCUT2D eigenvalue weighted by Gasteiger charge is -2.26. The van der Waals surface area contributed by atoms with Gasteiger partial charge in [0.15, 0.2) is 5.75 Å². The zero-order valence-electron chi connectivity index (χ0n) is 13.7. The third kappa shape index (κ3) is 4.84. The highest BCUT2D eigenvalue weighted by molar-refractivity contribution is 5.41. The van der Waals surface area contributed by atoms with Crippen molar-refractivity contribution in [2.75, 3.05) is 13.2 Å². The highest BCUT2D eigenvalue weighted by Crippen LogP contribution is 2.33. The first-order chi connectivity index (χ1) is 11.1. The van der Waals surface area contributed by atoms with Crippen LogP contribution in [0.25, 0.3) is 0 Å². The Morgan fingerprint density at radius 3 is 1.70 bits per heavy atom. The van der Waals surface area contributed by atoms with Gasteiger partial charge < -0.3 is 14.7 Å². The zero-order chi connectivity index (χ0) is 17.3. The van der Waals surface area contributed by atoms with Gasteiger partial charge in [0.25, 0.3) is 0 Å². The van der Waals surface area contributed by atoms with Gasteiger partial charge in [-0.3, -0.25) is 0 Å². The van der Waals surface area contributed by atoms with Gasteiger partial charge in [0.05, 0.1) is 6.61 Å². The molecule has 0 amide bonds. The van der Waals surface area contributed by atoms with Gasteiger partial charge in [-0.1, -0.05) is 38.1 Å². The fraction of sp³-hybridized carbons (Fsp3) is 0.263. The van der Waals surface area contributed by atoms with Crippen LogP contribution in [0.2, 0.25) is 0 Å². The number of aliphatic hydroxyl groups excluding tert-OH is 1. The summed E-state index contributed by atoms with van der Waals surface area (Å²) in [6, 6.07) is 15.2. The lowest BCUT2D eigenvalue weighted by molar-refractivity contribution is -0.137. The molecule has 2 aromatic rings. The van der Waals surface area contributed by atoms with Crippen LogP contribution in [0.3, 0.4) is 0 Å². The SMILES string of the molecule is C=C.CC(C)(c1ccc(OO)cc1)c1ccc(OCCO)cc1. The summed E-state index contributed by atoms with van der Waals surface area (Å²) < 4.78 is 5.36. The molecule has 0 aliphatic carbocycles. The standard InChI is InChI=1S/C17H20O4.C2H4/c1-17(2,14-5-9-16(21-19)10-6-14)13-3-7-15(8-4-13)20-12-11-18;1-2/h3-10,18-19H,11-12H2,1-2H3;1-2H2. The average Bonchev–Trinajstić information content (AvgIpc) is 2.62. The van der Waals surface area contributed by atoms with E-state index in [-0.39, 0.29) is 12.0 Å². The molecule has 0 aromatic heterocycles. The van der Waals surface area contributed by atoms with E-state index in [1.807, 2.05) is 36.4 Å². The summed E-state index contributed by atoms with van der Waals surface area (Å²) in [7, 11) is 0. The zero-order valence-corrected chi connectivity index (χ0v) is 13.7. The van der Waals surface area contributed by atoms with Crippen LogP contribution in [0.15, 0.2) is 61.7 Å². The molecule has 0 heterocycles. The average molecular weight is 316 g/mol. The van der Waals surface area contributed by atoms with E-state index in [2.05, 4.69) is 31.9 Å². The van der Waals surface area contributed by atoms with Gasteiger partial charge >= 0.3 is 0 Å². The fourth-order valence-corrected chi connectivity index (χ4v) is 2.23. The summed E-state index contributed by atoms with van der Waals surface area (Å²) in [5.41, 5.74) is 2.09. The molecular formula is C19H24O4. The predicted octanol–water partition coefficient (Wildman–Crippen LogP) is 4.04. The minimum Gasteiger partial charge on any atom is -0.491 e. The molecule has 0 spiro atoms. The number of aliphatic hydroxyl groups is 1. The Labute approximate surface area is 137 Å². The molecule has 0 saturated carbocycles. The van der Waals surface area contributed by atoms with Gasteiger partial charge in [-0.25, -0.2) is 5.26 Å². The molecule has 0 atom stereocenters. The van der Waals surface area contributed by atoms with Crippen molar-refractivity contribution in [1.82, 2.24) is 0 Å². The molecule has 4 heteroatoms. The van der Waals surface area contributed by atoms with E-state index < -0.39 is 0 Å². The van der Waals surface area contributed by atoms with Crippen molar-refractivity contribution in [3.8, 4) is 11.5 Å². The first-order valence-corrected chi connectivity index (χ1v) is 7.34. The Kier molecular flexibility index (Phi) is 7.32. The van der Waals surface area contributed by atoms with E-state index in [1.54, 1.807) is 12.1 Å². The molecule has 4 nitrogen and oxygen atoms in total. The van der Waals surface area contributed by atoms with Gasteiger partial charge in [0.1, 0.15) is 12.4 Å². The number of benzene rings is 2. The summed E-state index contributed by atoms with van der Waals surface area (Å²) in [5, 5.41) is 17.4. The monoisotopic (exact) mass is 316 g/mol. The van der Waals surface area contributed by atoms with Gasteiger partial charge in [0.2, 0.25) is 0 Å². The van der Waals surface area contributed by atoms with Crippen molar-refractivity contribution < 1.29 is 20.0 Å².